The Hall–Kier alpha value is -4.27. The first-order valence-electron chi connectivity index (χ1n) is 12.7. The molecular weight excluding hydrogens is 638 g/mol. The van der Waals surface area contributed by atoms with E-state index >= 15 is 0 Å². The predicted octanol–water partition coefficient (Wildman–Crippen LogP) is 2.48. The van der Waals surface area contributed by atoms with Crippen molar-refractivity contribution in [2.75, 3.05) is 13.2 Å². The average Bonchev–Trinajstić information content (AvgIpc) is 2.85. The number of rotatable bonds is 14. The Morgan fingerprint density at radius 1 is 0.721 bits per heavy atom. The lowest BCUT2D eigenvalue weighted by molar-refractivity contribution is -0.203. The molecule has 1 rings (SSSR count). The Balaban J connectivity index is 3.77. The summed E-state index contributed by atoms with van der Waals surface area (Å²) in [6.07, 6.45) is -6.53. The largest absolute Gasteiger partial charge is 0.462 e. The fourth-order valence-corrected chi connectivity index (χ4v) is 4.21. The number of halogens is 1. The molecule has 0 aromatic heterocycles. The maximum Gasteiger partial charge on any atom is 0.308 e. The van der Waals surface area contributed by atoms with Crippen molar-refractivity contribution in [3.05, 3.63) is 34.8 Å². The van der Waals surface area contributed by atoms with Crippen molar-refractivity contribution in [3.63, 3.8) is 0 Å². The fourth-order valence-electron chi connectivity index (χ4n) is 3.85. The first-order chi connectivity index (χ1) is 19.9. The maximum absolute atomic E-state index is 12.9. The summed E-state index contributed by atoms with van der Waals surface area (Å²) in [5, 5.41) is 0. The molecule has 0 heterocycles. The van der Waals surface area contributed by atoms with Crippen molar-refractivity contribution >= 4 is 63.3 Å². The molecule has 0 saturated heterocycles. The van der Waals surface area contributed by atoms with E-state index in [2.05, 4.69) is 22.5 Å². The second-order valence-electron chi connectivity index (χ2n) is 9.06. The minimum absolute atomic E-state index is 0.00994. The van der Waals surface area contributed by atoms with Gasteiger partial charge in [0.15, 0.2) is 24.4 Å². The number of hydrogen-bond donors (Lipinski definition) is 0. The van der Waals surface area contributed by atoms with E-state index in [0.717, 1.165) is 39.5 Å². The highest BCUT2D eigenvalue weighted by Crippen LogP contribution is 2.32. The van der Waals surface area contributed by atoms with Crippen LogP contribution in [0.15, 0.2) is 29.3 Å². The van der Waals surface area contributed by atoms with E-state index in [9.17, 15) is 33.6 Å². The maximum atomic E-state index is 12.9. The molecule has 15 heteroatoms. The molecule has 4 atom stereocenters. The van der Waals surface area contributed by atoms with Crippen LogP contribution in [0.2, 0.25) is 0 Å². The predicted molar refractivity (Wildman–Crippen MR) is 151 cm³/mol. The molecule has 14 nitrogen and oxygen atoms in total. The summed E-state index contributed by atoms with van der Waals surface area (Å²) in [5.74, 6) is -5.58. The molecule has 0 aliphatic carbocycles. The molecule has 0 aliphatic rings. The molecule has 0 spiro atoms. The number of nitrogens with zero attached hydrogens (tertiary/aromatic N) is 1. The van der Waals surface area contributed by atoms with Crippen LogP contribution < -0.4 is 4.74 Å². The Morgan fingerprint density at radius 3 is 1.65 bits per heavy atom. The zero-order valence-electron chi connectivity index (χ0n) is 24.8. The molecule has 0 saturated carbocycles. The van der Waals surface area contributed by atoms with E-state index in [1.54, 1.807) is 6.07 Å². The molecule has 0 aliphatic heterocycles. The second-order valence-corrected chi connectivity index (χ2v) is 9.97. The summed E-state index contributed by atoms with van der Waals surface area (Å²) in [7, 11) is 0. The van der Waals surface area contributed by atoms with Crippen molar-refractivity contribution in [3.8, 4) is 5.75 Å². The number of esters is 6. The van der Waals surface area contributed by atoms with Gasteiger partial charge in [0, 0.05) is 64.2 Å². The number of carbonyl (C=O) groups excluding carboxylic acids is 7. The van der Waals surface area contributed by atoms with E-state index in [0.29, 0.717) is 4.47 Å². The zero-order valence-corrected chi connectivity index (χ0v) is 26.4. The van der Waals surface area contributed by atoms with Gasteiger partial charge in [-0.05, 0) is 18.2 Å². The number of ether oxygens (including phenoxy) is 6. The van der Waals surface area contributed by atoms with Crippen molar-refractivity contribution in [1.82, 2.24) is 4.90 Å². The van der Waals surface area contributed by atoms with Gasteiger partial charge < -0.3 is 33.3 Å². The van der Waals surface area contributed by atoms with Crippen LogP contribution in [0.3, 0.4) is 0 Å². The van der Waals surface area contributed by atoms with E-state index in [1.807, 2.05) is 0 Å². The highest BCUT2D eigenvalue weighted by Gasteiger charge is 2.45. The summed E-state index contributed by atoms with van der Waals surface area (Å²) in [4.78, 5) is 85.8. The van der Waals surface area contributed by atoms with Gasteiger partial charge in [0.1, 0.15) is 12.4 Å². The van der Waals surface area contributed by atoms with Gasteiger partial charge in [-0.1, -0.05) is 22.5 Å². The molecule has 43 heavy (non-hydrogen) atoms. The van der Waals surface area contributed by atoms with Gasteiger partial charge in [-0.3, -0.25) is 33.6 Å². The number of hydrogen-bond acceptors (Lipinski definition) is 13. The van der Waals surface area contributed by atoms with Crippen LogP contribution in [0, 0.1) is 0 Å². The molecule has 1 aromatic carbocycles. The molecule has 0 unspecified atom stereocenters. The first-order valence-corrected chi connectivity index (χ1v) is 13.5. The SMILES string of the molecule is C=C(c1cc(Br)ccc1OC(C)=O)N(C[C@H](OC(C)=O)[C@@H](OC(C)=O)[C@H](OC(C)=O)[C@@H](COC(C)=O)OC(C)=O)C(C)=O. The topological polar surface area (TPSA) is 178 Å². The van der Waals surface area contributed by atoms with Crippen LogP contribution in [0.25, 0.3) is 5.70 Å². The lowest BCUT2D eigenvalue weighted by Crippen LogP contribution is -2.55. The van der Waals surface area contributed by atoms with E-state index in [1.165, 1.54) is 26.0 Å². The molecule has 0 fully saturated rings. The standard InChI is InChI=1S/C28H34BrNO13/c1-14(23-11-22(29)9-10-24(23)39-17(4)33)30(15(2)31)12-25(40-18(5)34)27(42-20(7)36)28(43-21(8)37)26(41-19(6)35)13-38-16(3)32/h9-11,25-28H,1,12-13H2,2-8H3/t25-,26+,27+,28+/m0/s1. The number of carbonyl (C=O) groups is 7. The van der Waals surface area contributed by atoms with Gasteiger partial charge in [-0.2, -0.15) is 0 Å². The van der Waals surface area contributed by atoms with Crippen LogP contribution in [0.5, 0.6) is 5.75 Å². The van der Waals surface area contributed by atoms with Gasteiger partial charge in [-0.15, -0.1) is 0 Å². The molecule has 1 amide bonds. The lowest BCUT2D eigenvalue weighted by Gasteiger charge is -2.37. The van der Waals surface area contributed by atoms with Crippen molar-refractivity contribution < 1.29 is 62.0 Å². The smallest absolute Gasteiger partial charge is 0.308 e. The third-order valence-electron chi connectivity index (χ3n) is 5.32. The first kappa shape index (κ1) is 36.8. The normalized spacial score (nSPS) is 13.2. The average molecular weight is 672 g/mol. The fraction of sp³-hybridized carbons (Fsp3) is 0.464. The minimum atomic E-state index is -1.71. The van der Waals surface area contributed by atoms with Crippen LogP contribution in [0.4, 0.5) is 0 Å². The van der Waals surface area contributed by atoms with Gasteiger partial charge in [0.05, 0.1) is 6.54 Å². The van der Waals surface area contributed by atoms with E-state index in [4.69, 9.17) is 28.4 Å². The zero-order chi connectivity index (χ0) is 33.0. The highest BCUT2D eigenvalue weighted by atomic mass is 79.9. The summed E-state index contributed by atoms with van der Waals surface area (Å²) >= 11 is 3.32. The van der Waals surface area contributed by atoms with Gasteiger partial charge in [0.25, 0.3) is 0 Å². The Morgan fingerprint density at radius 2 is 1.21 bits per heavy atom. The van der Waals surface area contributed by atoms with Crippen molar-refractivity contribution in [2.45, 2.75) is 72.9 Å². The summed E-state index contributed by atoms with van der Waals surface area (Å²) in [5.41, 5.74) is 0.193. The summed E-state index contributed by atoms with van der Waals surface area (Å²) < 4.78 is 32.3. The van der Waals surface area contributed by atoms with Crippen LogP contribution in [0.1, 0.15) is 54.0 Å². The van der Waals surface area contributed by atoms with Crippen molar-refractivity contribution in [2.24, 2.45) is 0 Å². The highest BCUT2D eigenvalue weighted by molar-refractivity contribution is 9.10. The van der Waals surface area contributed by atoms with Gasteiger partial charge >= 0.3 is 35.8 Å². The van der Waals surface area contributed by atoms with E-state index < -0.39 is 79.3 Å². The third-order valence-corrected chi connectivity index (χ3v) is 5.81. The molecule has 1 aromatic rings. The quantitative estimate of drug-likeness (QED) is 0.160. The van der Waals surface area contributed by atoms with Gasteiger partial charge in [0.2, 0.25) is 5.91 Å². The summed E-state index contributed by atoms with van der Waals surface area (Å²) in [6.45, 7) is 10.3. The van der Waals surface area contributed by atoms with E-state index in [-0.39, 0.29) is 17.0 Å². The molecular formula is C28H34BrNO13. The van der Waals surface area contributed by atoms with Crippen LogP contribution in [-0.4, -0.2) is 84.2 Å². The molecule has 236 valence electrons. The Labute approximate surface area is 256 Å². The number of benzene rings is 1. The monoisotopic (exact) mass is 671 g/mol. The number of amides is 1. The minimum Gasteiger partial charge on any atom is -0.462 e. The van der Waals surface area contributed by atoms with Crippen LogP contribution >= 0.6 is 15.9 Å². The Kier molecular flexibility index (Phi) is 14.5. The molecule has 0 radical (unpaired) electrons. The molecule has 0 bridgehead atoms. The molecule has 0 N–H and O–H groups in total. The van der Waals surface area contributed by atoms with Crippen molar-refractivity contribution in [1.29, 1.82) is 0 Å². The summed E-state index contributed by atoms with van der Waals surface area (Å²) in [6, 6.07) is 4.58. The lowest BCUT2D eigenvalue weighted by atomic mass is 10.0. The third kappa shape index (κ3) is 12.6. The van der Waals surface area contributed by atoms with Gasteiger partial charge in [-0.25, -0.2) is 0 Å². The van der Waals surface area contributed by atoms with Crippen LogP contribution in [-0.2, 0) is 57.2 Å². The Bertz CT molecular complexity index is 1260. The second kappa shape index (κ2) is 17.0.